The van der Waals surface area contributed by atoms with Gasteiger partial charge in [-0.3, -0.25) is 14.2 Å². The third kappa shape index (κ3) is 11.5. The molecular formula is C24H40F4N7O6P. The molecular weight excluding hydrogens is 589 g/mol. The summed E-state index contributed by atoms with van der Waals surface area (Å²) in [6, 6.07) is -0.845. The lowest BCUT2D eigenvalue weighted by Crippen LogP contribution is -2.39. The van der Waals surface area contributed by atoms with Gasteiger partial charge in [-0.2, -0.15) is 0 Å². The molecule has 4 N–H and O–H groups in total. The highest BCUT2D eigenvalue weighted by molar-refractivity contribution is 7.48. The Kier molecular flexibility index (Phi) is 16.0. The number of alkyl halides is 4. The number of carbonyl (C=O) groups is 2. The molecule has 2 aromatic heterocycles. The summed E-state index contributed by atoms with van der Waals surface area (Å²) in [5.41, 5.74) is 6.32. The van der Waals surface area contributed by atoms with Crippen LogP contribution >= 0.6 is 8.45 Å². The molecule has 0 aliphatic carbocycles. The summed E-state index contributed by atoms with van der Waals surface area (Å²) in [4.78, 5) is 36.2. The minimum atomic E-state index is -3.25. The topological polar surface area (TPSA) is 165 Å². The number of esters is 2. The molecule has 1 aliphatic heterocycles. The first-order chi connectivity index (χ1) is 19.8. The van der Waals surface area contributed by atoms with Crippen molar-refractivity contribution in [3.05, 3.63) is 12.7 Å². The van der Waals surface area contributed by atoms with E-state index in [1.54, 1.807) is 27.7 Å². The summed E-state index contributed by atoms with van der Waals surface area (Å²) in [6.07, 6.45) is -1.49. The molecule has 3 rings (SSSR count). The van der Waals surface area contributed by atoms with Gasteiger partial charge in [-0.15, -0.1) is 0 Å². The summed E-state index contributed by atoms with van der Waals surface area (Å²) >= 11 is 0. The molecule has 240 valence electrons. The van der Waals surface area contributed by atoms with Crippen molar-refractivity contribution in [1.82, 2.24) is 29.7 Å². The number of carbonyl (C=O) groups excluding carboxylic acids is 2. The van der Waals surface area contributed by atoms with E-state index in [0.29, 0.717) is 0 Å². The van der Waals surface area contributed by atoms with Crippen molar-refractivity contribution in [3.63, 3.8) is 0 Å². The van der Waals surface area contributed by atoms with Crippen LogP contribution < -0.4 is 15.9 Å². The molecule has 3 heterocycles. The second-order valence-electron chi connectivity index (χ2n) is 9.03. The Hall–Kier alpha value is -2.72. The van der Waals surface area contributed by atoms with E-state index in [1.807, 2.05) is 13.8 Å². The molecule has 1 saturated heterocycles. The number of ether oxygens (including phenoxy) is 3. The quantitative estimate of drug-likeness (QED) is 0.176. The number of aromatic nitrogens is 4. The number of fused-ring (bicyclic) bond motifs is 1. The Bertz CT molecular complexity index is 1110. The zero-order valence-electron chi connectivity index (χ0n) is 24.6. The van der Waals surface area contributed by atoms with E-state index < -0.39 is 64.6 Å². The number of hydrogen-bond acceptors (Lipinski definition) is 12. The number of nitrogens with zero attached hydrogens (tertiary/aromatic N) is 4. The van der Waals surface area contributed by atoms with Crippen LogP contribution in [0.5, 0.6) is 0 Å². The van der Waals surface area contributed by atoms with Crippen LogP contribution in [0.2, 0.25) is 0 Å². The molecule has 2 aromatic rings. The zero-order chi connectivity index (χ0) is 32.0. The lowest BCUT2D eigenvalue weighted by molar-refractivity contribution is -0.149. The molecule has 0 amide bonds. The van der Waals surface area contributed by atoms with Crippen LogP contribution in [-0.4, -0.2) is 81.8 Å². The molecule has 42 heavy (non-hydrogen) atoms. The van der Waals surface area contributed by atoms with Gasteiger partial charge in [0.25, 0.3) is 5.92 Å². The number of hydrogen-bond donors (Lipinski definition) is 3. The third-order valence-electron chi connectivity index (χ3n) is 5.04. The van der Waals surface area contributed by atoms with Gasteiger partial charge in [-0.05, 0) is 34.6 Å². The number of nitrogens with two attached hydrogens (primary N) is 1. The van der Waals surface area contributed by atoms with Crippen molar-refractivity contribution < 1.29 is 45.9 Å². The molecule has 0 aromatic carbocycles. The van der Waals surface area contributed by atoms with Gasteiger partial charge in [0.05, 0.1) is 31.6 Å². The summed E-state index contributed by atoms with van der Waals surface area (Å²) in [5.74, 6) is -4.26. The first kappa shape index (κ1) is 37.3. The average molecular weight is 630 g/mol. The van der Waals surface area contributed by atoms with E-state index in [2.05, 4.69) is 25.1 Å². The molecule has 4 unspecified atom stereocenters. The monoisotopic (exact) mass is 629 g/mol. The third-order valence-corrected chi connectivity index (χ3v) is 6.52. The van der Waals surface area contributed by atoms with Gasteiger partial charge in [0.2, 0.25) is 6.93 Å². The van der Waals surface area contributed by atoms with Crippen LogP contribution in [0.15, 0.2) is 12.7 Å². The Labute approximate surface area is 243 Å². The van der Waals surface area contributed by atoms with Crippen molar-refractivity contribution in [2.24, 2.45) is 0 Å². The number of halogens is 4. The van der Waals surface area contributed by atoms with Gasteiger partial charge in [-0.1, -0.05) is 13.8 Å². The first-order valence-electron chi connectivity index (χ1n) is 13.2. The van der Waals surface area contributed by atoms with Gasteiger partial charge in [-0.25, -0.2) is 42.7 Å². The Morgan fingerprint density at radius 1 is 1.14 bits per heavy atom. The van der Waals surface area contributed by atoms with Crippen LogP contribution in [0.3, 0.4) is 0 Å². The summed E-state index contributed by atoms with van der Waals surface area (Å²) in [6.45, 7) is 9.76. The summed E-state index contributed by atoms with van der Waals surface area (Å²) < 4.78 is 71.9. The number of rotatable bonds is 12. The second-order valence-corrected chi connectivity index (χ2v) is 10.4. The van der Waals surface area contributed by atoms with Gasteiger partial charge in [0, 0.05) is 0 Å². The molecule has 4 atom stereocenters. The normalized spacial score (nSPS) is 19.0. The predicted molar refractivity (Wildman–Crippen MR) is 148 cm³/mol. The maximum absolute atomic E-state index is 14.9. The minimum absolute atomic E-state index is 0.122. The number of anilines is 1. The molecule has 1 fully saturated rings. The molecule has 1 aliphatic rings. The Morgan fingerprint density at radius 2 is 1.76 bits per heavy atom. The van der Waals surface area contributed by atoms with Crippen LogP contribution in [0, 0.1) is 0 Å². The second kappa shape index (κ2) is 18.1. The van der Waals surface area contributed by atoms with E-state index >= 15 is 0 Å². The van der Waals surface area contributed by atoms with Gasteiger partial charge >= 0.3 is 11.9 Å². The van der Waals surface area contributed by atoms with E-state index in [-0.39, 0.29) is 35.7 Å². The smallest absolute Gasteiger partial charge is 0.323 e. The fraction of sp³-hybridized carbons (Fsp3) is 0.708. The SMILES string of the molecule is CC.CC(C)OC(=O)CNP(NC(C)C(=O)OC(C)C)OCC1OC(n2cnc3c(N)ncnc32)CC1(F)F.FCF. The highest BCUT2D eigenvalue weighted by Gasteiger charge is 2.51. The van der Waals surface area contributed by atoms with Crippen molar-refractivity contribution >= 4 is 37.4 Å². The van der Waals surface area contributed by atoms with E-state index in [9.17, 15) is 27.2 Å². The van der Waals surface area contributed by atoms with Crippen LogP contribution in [0.1, 0.15) is 61.1 Å². The molecule has 0 saturated carbocycles. The fourth-order valence-corrected chi connectivity index (χ4v) is 4.65. The minimum Gasteiger partial charge on any atom is -0.462 e. The van der Waals surface area contributed by atoms with Crippen molar-refractivity contribution in [1.29, 1.82) is 0 Å². The Morgan fingerprint density at radius 3 is 2.36 bits per heavy atom. The van der Waals surface area contributed by atoms with Crippen molar-refractivity contribution in [2.75, 3.05) is 25.8 Å². The summed E-state index contributed by atoms with van der Waals surface area (Å²) in [7, 11) is -1.94. The van der Waals surface area contributed by atoms with Crippen molar-refractivity contribution in [2.45, 2.75) is 91.4 Å². The fourth-order valence-electron chi connectivity index (χ4n) is 3.38. The van der Waals surface area contributed by atoms with Gasteiger partial charge in [0.15, 0.2) is 19.9 Å². The van der Waals surface area contributed by atoms with E-state index in [0.717, 1.165) is 0 Å². The molecule has 13 nitrogen and oxygen atoms in total. The highest BCUT2D eigenvalue weighted by Crippen LogP contribution is 2.43. The molecule has 0 spiro atoms. The molecule has 18 heteroatoms. The summed E-state index contributed by atoms with van der Waals surface area (Å²) in [5, 5.41) is 5.64. The van der Waals surface area contributed by atoms with Gasteiger partial charge < -0.3 is 24.5 Å². The lowest BCUT2D eigenvalue weighted by Gasteiger charge is -2.25. The van der Waals surface area contributed by atoms with Gasteiger partial charge in [0.1, 0.15) is 36.8 Å². The van der Waals surface area contributed by atoms with E-state index in [4.69, 9.17) is 24.5 Å². The number of imidazole rings is 1. The maximum atomic E-state index is 14.9. The van der Waals surface area contributed by atoms with Crippen LogP contribution in [-0.2, 0) is 28.3 Å². The zero-order valence-corrected chi connectivity index (χ0v) is 25.5. The van der Waals surface area contributed by atoms with Crippen LogP contribution in [0.4, 0.5) is 23.4 Å². The van der Waals surface area contributed by atoms with Crippen LogP contribution in [0.25, 0.3) is 11.2 Å². The first-order valence-corrected chi connectivity index (χ1v) is 14.5. The number of nitrogens with one attached hydrogen (secondary N) is 2. The number of nitrogen functional groups attached to an aromatic ring is 1. The standard InChI is InChI=1S/C21H32F2N7O6P.C2H6.CH2F2/c1-11(2)34-16(31)7-28-37(29-13(5)20(32)35-12(3)4)33-8-14-21(22,23)6-15(36-14)30-10-27-17-18(24)25-9-26-19(17)30;1-2;2-1-3/h9-15,28-29H,6-8H2,1-5H3,(H2,24,25,26);1-2H3;1H2. The maximum Gasteiger partial charge on any atom is 0.323 e. The average Bonchev–Trinajstić information content (AvgIpc) is 3.47. The van der Waals surface area contributed by atoms with E-state index in [1.165, 1.54) is 24.1 Å². The Balaban J connectivity index is 0.00000165. The largest absolute Gasteiger partial charge is 0.462 e. The molecule has 0 radical (unpaired) electrons. The predicted octanol–water partition coefficient (Wildman–Crippen LogP) is 3.95. The van der Waals surface area contributed by atoms with Crippen molar-refractivity contribution in [3.8, 4) is 0 Å². The lowest BCUT2D eigenvalue weighted by atomic mass is 10.2. The highest BCUT2D eigenvalue weighted by atomic mass is 31.2. The molecule has 0 bridgehead atoms.